The summed E-state index contributed by atoms with van der Waals surface area (Å²) >= 11 is 0. The molecule has 0 bridgehead atoms. The van der Waals surface area contributed by atoms with Crippen LogP contribution in [-0.4, -0.2) is 10.7 Å². The molecule has 2 aromatic carbocycles. The van der Waals surface area contributed by atoms with Crippen molar-refractivity contribution in [3.8, 4) is 0 Å². The van der Waals surface area contributed by atoms with Gasteiger partial charge in [-0.1, -0.05) is 42.5 Å². The van der Waals surface area contributed by atoms with Gasteiger partial charge in [0.2, 0.25) is 0 Å². The molecule has 2 aromatic rings. The van der Waals surface area contributed by atoms with Crippen LogP contribution in [0.5, 0.6) is 0 Å². The van der Waals surface area contributed by atoms with Crippen molar-refractivity contribution in [2.45, 2.75) is 31.3 Å². The summed E-state index contributed by atoms with van der Waals surface area (Å²) in [6, 6.07) is 16.8. The summed E-state index contributed by atoms with van der Waals surface area (Å²) in [4.78, 5) is 0. The highest BCUT2D eigenvalue weighted by atomic mass is 19.1. The molecule has 3 atom stereocenters. The summed E-state index contributed by atoms with van der Waals surface area (Å²) < 4.78 is 12.9. The largest absolute Gasteiger partial charge is 0.390 e. The highest BCUT2D eigenvalue weighted by Crippen LogP contribution is 2.54. The fourth-order valence-electron chi connectivity index (χ4n) is 3.10. The zero-order valence-corrected chi connectivity index (χ0v) is 11.6. The van der Waals surface area contributed by atoms with E-state index >= 15 is 0 Å². The van der Waals surface area contributed by atoms with Crippen LogP contribution < -0.4 is 0 Å². The molecule has 20 heavy (non-hydrogen) atoms. The van der Waals surface area contributed by atoms with Crippen LogP contribution in [0.4, 0.5) is 4.39 Å². The predicted octanol–water partition coefficient (Wildman–Crippen LogP) is 3.92. The second kappa shape index (κ2) is 5.02. The number of benzene rings is 2. The molecule has 0 radical (unpaired) electrons. The molecule has 104 valence electrons. The van der Waals surface area contributed by atoms with E-state index in [0.717, 1.165) is 12.0 Å². The molecule has 0 spiro atoms. The van der Waals surface area contributed by atoms with Crippen molar-refractivity contribution in [1.29, 1.82) is 0 Å². The summed E-state index contributed by atoms with van der Waals surface area (Å²) in [5, 5.41) is 10.7. The third-order valence-electron chi connectivity index (χ3n) is 4.29. The Hall–Kier alpha value is -1.67. The van der Waals surface area contributed by atoms with E-state index < -0.39 is 5.60 Å². The van der Waals surface area contributed by atoms with Crippen LogP contribution in [0.25, 0.3) is 0 Å². The Morgan fingerprint density at radius 2 is 1.75 bits per heavy atom. The monoisotopic (exact) mass is 270 g/mol. The predicted molar refractivity (Wildman–Crippen MR) is 78.0 cm³/mol. The van der Waals surface area contributed by atoms with Gasteiger partial charge in [-0.15, -0.1) is 0 Å². The zero-order chi connectivity index (χ0) is 14.2. The van der Waals surface area contributed by atoms with Crippen LogP contribution in [0, 0.1) is 11.7 Å². The Balaban J connectivity index is 1.69. The molecule has 0 amide bonds. The van der Waals surface area contributed by atoms with Gasteiger partial charge in [0.25, 0.3) is 0 Å². The van der Waals surface area contributed by atoms with E-state index in [9.17, 15) is 9.50 Å². The summed E-state index contributed by atoms with van der Waals surface area (Å²) in [6.07, 6.45) is 1.60. The molecule has 0 aliphatic heterocycles. The lowest BCUT2D eigenvalue weighted by molar-refractivity contribution is 0.0351. The van der Waals surface area contributed by atoms with E-state index in [1.807, 2.05) is 25.1 Å². The zero-order valence-electron chi connectivity index (χ0n) is 11.6. The highest BCUT2D eigenvalue weighted by molar-refractivity contribution is 5.29. The van der Waals surface area contributed by atoms with Crippen LogP contribution in [0.3, 0.4) is 0 Å². The number of halogens is 1. The van der Waals surface area contributed by atoms with Gasteiger partial charge >= 0.3 is 0 Å². The second-order valence-electron chi connectivity index (χ2n) is 6.02. The molecule has 0 heterocycles. The Bertz CT molecular complexity index is 574. The number of aliphatic hydroxyl groups is 1. The molecule has 0 saturated heterocycles. The van der Waals surface area contributed by atoms with Crippen molar-refractivity contribution < 1.29 is 9.50 Å². The lowest BCUT2D eigenvalue weighted by Crippen LogP contribution is -2.30. The summed E-state index contributed by atoms with van der Waals surface area (Å²) in [5.74, 6) is 0.503. The summed E-state index contributed by atoms with van der Waals surface area (Å²) in [5.41, 5.74) is 1.55. The Kier molecular flexibility index (Phi) is 3.35. The molecule has 1 saturated carbocycles. The lowest BCUT2D eigenvalue weighted by Gasteiger charge is -2.24. The molecule has 2 heteroatoms. The molecular weight excluding hydrogens is 251 g/mol. The SMILES string of the molecule is CC(O)(Cc1ccc(F)cc1)C1CC1c1ccccc1. The van der Waals surface area contributed by atoms with Gasteiger partial charge < -0.3 is 5.11 Å². The quantitative estimate of drug-likeness (QED) is 0.892. The van der Waals surface area contributed by atoms with Gasteiger partial charge in [0.05, 0.1) is 5.60 Å². The van der Waals surface area contributed by atoms with Crippen molar-refractivity contribution in [2.24, 2.45) is 5.92 Å². The topological polar surface area (TPSA) is 20.2 Å². The third kappa shape index (κ3) is 2.75. The summed E-state index contributed by atoms with van der Waals surface area (Å²) in [7, 11) is 0. The van der Waals surface area contributed by atoms with Crippen molar-refractivity contribution in [3.63, 3.8) is 0 Å². The fourth-order valence-corrected chi connectivity index (χ4v) is 3.10. The highest BCUT2D eigenvalue weighted by Gasteiger charge is 2.49. The molecule has 1 nitrogen and oxygen atoms in total. The lowest BCUT2D eigenvalue weighted by atomic mass is 9.89. The Morgan fingerprint density at radius 3 is 2.40 bits per heavy atom. The molecule has 1 aliphatic carbocycles. The Morgan fingerprint density at radius 1 is 1.10 bits per heavy atom. The van der Waals surface area contributed by atoms with E-state index in [-0.39, 0.29) is 11.7 Å². The van der Waals surface area contributed by atoms with E-state index in [0.29, 0.717) is 12.3 Å². The van der Waals surface area contributed by atoms with Crippen LogP contribution in [0.15, 0.2) is 54.6 Å². The molecular formula is C18H19FO. The smallest absolute Gasteiger partial charge is 0.123 e. The first-order valence-electron chi connectivity index (χ1n) is 7.08. The number of hydrogen-bond acceptors (Lipinski definition) is 1. The Labute approximate surface area is 119 Å². The maximum atomic E-state index is 12.9. The first kappa shape index (κ1) is 13.3. The minimum atomic E-state index is -0.738. The normalized spacial score (nSPS) is 24.1. The van der Waals surface area contributed by atoms with Crippen molar-refractivity contribution in [3.05, 3.63) is 71.5 Å². The van der Waals surface area contributed by atoms with Gasteiger partial charge in [0.15, 0.2) is 0 Å². The van der Waals surface area contributed by atoms with Crippen LogP contribution >= 0.6 is 0 Å². The van der Waals surface area contributed by atoms with Crippen molar-refractivity contribution >= 4 is 0 Å². The third-order valence-corrected chi connectivity index (χ3v) is 4.29. The standard InChI is InChI=1S/C18H19FO/c1-18(20,12-13-7-9-15(19)10-8-13)17-11-16(17)14-5-3-2-4-6-14/h2-10,16-17,20H,11-12H2,1H3. The van der Waals surface area contributed by atoms with Crippen LogP contribution in [0.2, 0.25) is 0 Å². The fraction of sp³-hybridized carbons (Fsp3) is 0.333. The number of rotatable bonds is 4. The van der Waals surface area contributed by atoms with E-state index in [2.05, 4.69) is 12.1 Å². The number of hydrogen-bond donors (Lipinski definition) is 1. The molecule has 3 unspecified atom stereocenters. The van der Waals surface area contributed by atoms with E-state index in [4.69, 9.17) is 0 Å². The van der Waals surface area contributed by atoms with E-state index in [1.165, 1.54) is 17.7 Å². The molecule has 1 N–H and O–H groups in total. The molecule has 1 fully saturated rings. The maximum absolute atomic E-state index is 12.9. The van der Waals surface area contributed by atoms with Crippen molar-refractivity contribution in [2.75, 3.05) is 0 Å². The minimum Gasteiger partial charge on any atom is -0.390 e. The van der Waals surface area contributed by atoms with Gasteiger partial charge in [-0.25, -0.2) is 4.39 Å². The van der Waals surface area contributed by atoms with Crippen LogP contribution in [0.1, 0.15) is 30.4 Å². The van der Waals surface area contributed by atoms with Crippen LogP contribution in [-0.2, 0) is 6.42 Å². The van der Waals surface area contributed by atoms with E-state index in [1.54, 1.807) is 12.1 Å². The summed E-state index contributed by atoms with van der Waals surface area (Å²) in [6.45, 7) is 1.89. The van der Waals surface area contributed by atoms with Crippen molar-refractivity contribution in [1.82, 2.24) is 0 Å². The van der Waals surface area contributed by atoms with Gasteiger partial charge in [-0.3, -0.25) is 0 Å². The minimum absolute atomic E-state index is 0.234. The average Bonchev–Trinajstić information content (AvgIpc) is 3.23. The second-order valence-corrected chi connectivity index (χ2v) is 6.02. The first-order chi connectivity index (χ1) is 9.56. The van der Waals surface area contributed by atoms with Gasteiger partial charge in [0, 0.05) is 6.42 Å². The molecule has 1 aliphatic rings. The van der Waals surface area contributed by atoms with Gasteiger partial charge in [-0.2, -0.15) is 0 Å². The average molecular weight is 270 g/mol. The van der Waals surface area contributed by atoms with Gasteiger partial charge in [0.1, 0.15) is 5.82 Å². The molecule has 0 aromatic heterocycles. The first-order valence-corrected chi connectivity index (χ1v) is 7.08. The molecule has 3 rings (SSSR count). The van der Waals surface area contributed by atoms with Gasteiger partial charge in [-0.05, 0) is 48.4 Å². The maximum Gasteiger partial charge on any atom is 0.123 e.